The summed E-state index contributed by atoms with van der Waals surface area (Å²) < 4.78 is 57.7. The van der Waals surface area contributed by atoms with Gasteiger partial charge in [0.1, 0.15) is 9.88 Å². The maximum atomic E-state index is 13.2. The number of halogens is 2. The second-order valence-electron chi connectivity index (χ2n) is 5.66. The van der Waals surface area contributed by atoms with Crippen LogP contribution in [0.15, 0.2) is 40.9 Å². The van der Waals surface area contributed by atoms with E-state index in [1.54, 1.807) is 37.3 Å². The van der Waals surface area contributed by atoms with Gasteiger partial charge in [0, 0.05) is 6.92 Å². The first-order valence-electron chi connectivity index (χ1n) is 7.93. The largest absolute Gasteiger partial charge is 0.414 e. The number of anilines is 1. The molecule has 2 aromatic heterocycles. The molecule has 0 radical (unpaired) electrons. The van der Waals surface area contributed by atoms with Crippen LogP contribution in [-0.2, 0) is 22.5 Å². The highest BCUT2D eigenvalue weighted by Crippen LogP contribution is 2.31. The number of para-hydroxylation sites is 1. The summed E-state index contributed by atoms with van der Waals surface area (Å²) in [7, 11) is -3.53. The zero-order valence-corrected chi connectivity index (χ0v) is 16.1. The van der Waals surface area contributed by atoms with Crippen molar-refractivity contribution < 1.29 is 21.6 Å². The summed E-state index contributed by atoms with van der Waals surface area (Å²) in [5.41, 5.74) is 0.516. The van der Waals surface area contributed by atoms with E-state index in [4.69, 9.17) is 4.42 Å². The smallest absolute Gasteiger partial charge is 0.321 e. The van der Waals surface area contributed by atoms with E-state index in [1.165, 1.54) is 10.5 Å². The Morgan fingerprint density at radius 3 is 2.52 bits per heavy atom. The molecule has 0 saturated heterocycles. The standard InChI is InChI=1S/C16H16F2N4O3S2/c1-3-27(23,24)22(11-7-5-4-6-8-11)10-13-19-9-12(26-13)14-20-21-15(25-14)16(2,17)18/h4-9H,3,10H2,1-2H3. The second kappa shape index (κ2) is 7.31. The van der Waals surface area contributed by atoms with Crippen LogP contribution in [0.4, 0.5) is 14.5 Å². The van der Waals surface area contributed by atoms with Crippen molar-refractivity contribution in [2.45, 2.75) is 26.3 Å². The van der Waals surface area contributed by atoms with Gasteiger partial charge < -0.3 is 4.42 Å². The fraction of sp³-hybridized carbons (Fsp3) is 0.312. The first-order chi connectivity index (χ1) is 12.7. The average Bonchev–Trinajstić information content (AvgIpc) is 3.29. The number of sulfonamides is 1. The molecule has 3 aromatic rings. The maximum absolute atomic E-state index is 13.2. The van der Waals surface area contributed by atoms with Crippen molar-refractivity contribution in [3.63, 3.8) is 0 Å². The van der Waals surface area contributed by atoms with Crippen LogP contribution in [0.2, 0.25) is 0 Å². The van der Waals surface area contributed by atoms with Gasteiger partial charge in [-0.1, -0.05) is 18.2 Å². The van der Waals surface area contributed by atoms with E-state index in [0.717, 1.165) is 11.3 Å². The van der Waals surface area contributed by atoms with Gasteiger partial charge in [-0.3, -0.25) is 4.31 Å². The van der Waals surface area contributed by atoms with Gasteiger partial charge in [-0.2, -0.15) is 8.78 Å². The Balaban J connectivity index is 1.88. The molecule has 144 valence electrons. The maximum Gasteiger partial charge on any atom is 0.321 e. The fourth-order valence-electron chi connectivity index (χ4n) is 2.21. The van der Waals surface area contributed by atoms with Gasteiger partial charge in [0.2, 0.25) is 10.0 Å². The molecule has 3 rings (SSSR count). The number of thiazole rings is 1. The van der Waals surface area contributed by atoms with Crippen molar-refractivity contribution in [3.05, 3.63) is 47.4 Å². The van der Waals surface area contributed by atoms with Gasteiger partial charge in [0.05, 0.1) is 24.2 Å². The Hall–Kier alpha value is -2.40. The summed E-state index contributed by atoms with van der Waals surface area (Å²) in [5.74, 6) is -4.18. The number of benzene rings is 1. The van der Waals surface area contributed by atoms with Crippen LogP contribution >= 0.6 is 11.3 Å². The summed E-state index contributed by atoms with van der Waals surface area (Å²) in [6.07, 6.45) is 1.40. The predicted octanol–water partition coefficient (Wildman–Crippen LogP) is 3.66. The highest BCUT2D eigenvalue weighted by molar-refractivity contribution is 7.92. The van der Waals surface area contributed by atoms with Crippen molar-refractivity contribution in [2.75, 3.05) is 10.1 Å². The normalized spacial score (nSPS) is 12.3. The van der Waals surface area contributed by atoms with Gasteiger partial charge >= 0.3 is 5.92 Å². The first kappa shape index (κ1) is 19.4. The van der Waals surface area contributed by atoms with Crippen LogP contribution in [-0.4, -0.2) is 29.4 Å². The molecule has 0 amide bonds. The van der Waals surface area contributed by atoms with Crippen LogP contribution in [0, 0.1) is 0 Å². The van der Waals surface area contributed by atoms with Gasteiger partial charge in [-0.25, -0.2) is 13.4 Å². The number of hydrogen-bond donors (Lipinski definition) is 0. The van der Waals surface area contributed by atoms with Gasteiger partial charge in [-0.05, 0) is 19.1 Å². The minimum atomic E-state index is -3.53. The lowest BCUT2D eigenvalue weighted by molar-refractivity contribution is -0.0105. The summed E-state index contributed by atoms with van der Waals surface area (Å²) in [6, 6.07) is 8.65. The van der Waals surface area contributed by atoms with Crippen LogP contribution < -0.4 is 4.31 Å². The van der Waals surface area contributed by atoms with E-state index in [2.05, 4.69) is 15.2 Å². The molecule has 0 aliphatic rings. The quantitative estimate of drug-likeness (QED) is 0.586. The van der Waals surface area contributed by atoms with E-state index in [1.807, 2.05) is 0 Å². The molecular formula is C16H16F2N4O3S2. The predicted molar refractivity (Wildman–Crippen MR) is 97.1 cm³/mol. The van der Waals surface area contributed by atoms with Gasteiger partial charge in [0.15, 0.2) is 0 Å². The van der Waals surface area contributed by atoms with Crippen LogP contribution in [0.1, 0.15) is 24.7 Å². The third kappa shape index (κ3) is 4.30. The molecule has 0 N–H and O–H groups in total. The fourth-order valence-corrected chi connectivity index (χ4v) is 4.19. The summed E-state index contributed by atoms with van der Waals surface area (Å²) >= 11 is 1.10. The van der Waals surface area contributed by atoms with E-state index in [9.17, 15) is 17.2 Å². The molecule has 0 aliphatic heterocycles. The molecule has 2 heterocycles. The van der Waals surface area contributed by atoms with Crippen molar-refractivity contribution in [2.24, 2.45) is 0 Å². The third-order valence-electron chi connectivity index (χ3n) is 3.59. The van der Waals surface area contributed by atoms with Gasteiger partial charge in [0.25, 0.3) is 11.8 Å². The molecule has 7 nitrogen and oxygen atoms in total. The van der Waals surface area contributed by atoms with E-state index in [0.29, 0.717) is 22.5 Å². The Morgan fingerprint density at radius 2 is 1.93 bits per heavy atom. The van der Waals surface area contributed by atoms with Crippen molar-refractivity contribution >= 4 is 27.0 Å². The molecule has 0 fully saturated rings. The molecule has 27 heavy (non-hydrogen) atoms. The number of alkyl halides is 2. The van der Waals surface area contributed by atoms with E-state index >= 15 is 0 Å². The minimum absolute atomic E-state index is 0.00971. The lowest BCUT2D eigenvalue weighted by atomic mass is 10.3. The monoisotopic (exact) mass is 414 g/mol. The highest BCUT2D eigenvalue weighted by atomic mass is 32.2. The summed E-state index contributed by atoms with van der Waals surface area (Å²) in [5, 5.41) is 7.42. The van der Waals surface area contributed by atoms with E-state index in [-0.39, 0.29) is 18.2 Å². The molecule has 0 spiro atoms. The molecular weight excluding hydrogens is 398 g/mol. The lowest BCUT2D eigenvalue weighted by Gasteiger charge is -2.22. The Morgan fingerprint density at radius 1 is 1.22 bits per heavy atom. The number of rotatable bonds is 7. The van der Waals surface area contributed by atoms with Crippen LogP contribution in [0.3, 0.4) is 0 Å². The van der Waals surface area contributed by atoms with Crippen molar-refractivity contribution in [1.82, 2.24) is 15.2 Å². The zero-order valence-electron chi connectivity index (χ0n) is 14.5. The Kier molecular flexibility index (Phi) is 5.24. The molecule has 1 aromatic carbocycles. The van der Waals surface area contributed by atoms with Crippen LogP contribution in [0.5, 0.6) is 0 Å². The molecule has 11 heteroatoms. The Labute approximate surface area is 158 Å². The second-order valence-corrected chi connectivity index (χ2v) is 8.96. The highest BCUT2D eigenvalue weighted by Gasteiger charge is 2.32. The minimum Gasteiger partial charge on any atom is -0.414 e. The summed E-state index contributed by atoms with van der Waals surface area (Å²) in [4.78, 5) is 4.56. The van der Waals surface area contributed by atoms with Crippen molar-refractivity contribution in [3.8, 4) is 10.8 Å². The molecule has 0 bridgehead atoms. The molecule has 0 aliphatic carbocycles. The molecule has 0 unspecified atom stereocenters. The zero-order chi connectivity index (χ0) is 19.7. The number of hydrogen-bond acceptors (Lipinski definition) is 7. The topological polar surface area (TPSA) is 89.2 Å². The molecule has 0 atom stereocenters. The average molecular weight is 414 g/mol. The summed E-state index contributed by atoms with van der Waals surface area (Å²) in [6.45, 7) is 2.23. The molecule has 0 saturated carbocycles. The van der Waals surface area contributed by atoms with E-state index < -0.39 is 21.8 Å². The SMILES string of the molecule is CCS(=O)(=O)N(Cc1ncc(-c2nnc(C(C)(F)F)o2)s1)c1ccccc1. The first-order valence-corrected chi connectivity index (χ1v) is 10.4. The Bertz CT molecular complexity index is 1010. The van der Waals surface area contributed by atoms with Crippen molar-refractivity contribution in [1.29, 1.82) is 0 Å². The number of nitrogens with zero attached hydrogens (tertiary/aromatic N) is 4. The third-order valence-corrected chi connectivity index (χ3v) is 6.30. The number of aromatic nitrogens is 3. The van der Waals surface area contributed by atoms with Gasteiger partial charge in [-0.15, -0.1) is 21.5 Å². The van der Waals surface area contributed by atoms with Crippen LogP contribution in [0.25, 0.3) is 10.8 Å². The lowest BCUT2D eigenvalue weighted by Crippen LogP contribution is -2.31.